The highest BCUT2D eigenvalue weighted by molar-refractivity contribution is 5.83. The van der Waals surface area contributed by atoms with E-state index in [-0.39, 0.29) is 0 Å². The first kappa shape index (κ1) is 18.7. The minimum atomic E-state index is -0.905. The number of benzene rings is 1. The van der Waals surface area contributed by atoms with Crippen LogP contribution in [0.3, 0.4) is 0 Å². The second-order valence-electron chi connectivity index (χ2n) is 7.40. The van der Waals surface area contributed by atoms with Crippen LogP contribution in [0.15, 0.2) is 36.4 Å². The quantitative estimate of drug-likeness (QED) is 0.848. The summed E-state index contributed by atoms with van der Waals surface area (Å²) in [5.41, 5.74) is 0.916. The normalized spacial score (nSPS) is 22.5. The van der Waals surface area contributed by atoms with Gasteiger partial charge in [0.1, 0.15) is 11.2 Å². The smallest absolute Gasteiger partial charge is 0.316 e. The van der Waals surface area contributed by atoms with Crippen LogP contribution in [0.4, 0.5) is 11.8 Å². The van der Waals surface area contributed by atoms with Crippen LogP contribution < -0.4 is 9.80 Å². The van der Waals surface area contributed by atoms with E-state index in [0.29, 0.717) is 38.7 Å². The maximum absolute atomic E-state index is 12.3. The van der Waals surface area contributed by atoms with Crippen molar-refractivity contribution < 1.29 is 14.6 Å². The largest absolute Gasteiger partial charge is 0.481 e. The summed E-state index contributed by atoms with van der Waals surface area (Å²) in [6.45, 7) is 6.04. The van der Waals surface area contributed by atoms with E-state index < -0.39 is 11.4 Å². The number of rotatable bonds is 5. The van der Waals surface area contributed by atoms with Crippen molar-refractivity contribution in [2.75, 3.05) is 49.2 Å². The van der Waals surface area contributed by atoms with Crippen molar-refractivity contribution in [1.29, 1.82) is 0 Å². The molecule has 28 heavy (non-hydrogen) atoms. The Morgan fingerprint density at radius 2 is 1.89 bits per heavy atom. The molecule has 2 aromatic rings. The van der Waals surface area contributed by atoms with E-state index in [9.17, 15) is 9.90 Å². The van der Waals surface area contributed by atoms with Gasteiger partial charge in [-0.2, -0.15) is 4.98 Å². The topological polar surface area (TPSA) is 78.8 Å². The maximum Gasteiger partial charge on any atom is 0.316 e. The highest BCUT2D eigenvalue weighted by Crippen LogP contribution is 2.37. The molecule has 4 rings (SSSR count). The fraction of sp³-hybridized carbons (Fsp3) is 0.476. The predicted octanol–water partition coefficient (Wildman–Crippen LogP) is 2.11. The summed E-state index contributed by atoms with van der Waals surface area (Å²) in [7, 11) is 0. The average Bonchev–Trinajstić information content (AvgIpc) is 3.22. The molecule has 2 aliphatic rings. The van der Waals surface area contributed by atoms with Gasteiger partial charge in [0.2, 0.25) is 5.95 Å². The molecule has 2 fully saturated rings. The van der Waals surface area contributed by atoms with Gasteiger partial charge in [-0.05, 0) is 18.4 Å². The second-order valence-corrected chi connectivity index (χ2v) is 7.40. The zero-order valence-electron chi connectivity index (χ0n) is 16.2. The van der Waals surface area contributed by atoms with Gasteiger partial charge in [0, 0.05) is 37.9 Å². The van der Waals surface area contributed by atoms with Crippen molar-refractivity contribution in [2.24, 2.45) is 0 Å². The molecule has 0 spiro atoms. The third-order valence-electron chi connectivity index (χ3n) is 5.74. The lowest BCUT2D eigenvalue weighted by Gasteiger charge is -2.29. The number of carbonyl (C=O) groups is 1. The summed E-state index contributed by atoms with van der Waals surface area (Å²) < 4.78 is 5.44. The monoisotopic (exact) mass is 382 g/mol. The van der Waals surface area contributed by atoms with E-state index >= 15 is 0 Å². The number of hydrogen-bond acceptors (Lipinski definition) is 6. The maximum atomic E-state index is 12.3. The van der Waals surface area contributed by atoms with Crippen LogP contribution in [0.5, 0.6) is 0 Å². The number of ether oxygens (including phenoxy) is 1. The number of carboxylic acids is 1. The summed E-state index contributed by atoms with van der Waals surface area (Å²) in [6, 6.07) is 11.5. The van der Waals surface area contributed by atoms with Gasteiger partial charge in [-0.3, -0.25) is 4.79 Å². The first-order valence-corrected chi connectivity index (χ1v) is 9.87. The molecule has 7 nitrogen and oxygen atoms in total. The number of hydrogen-bond donors (Lipinski definition) is 1. The van der Waals surface area contributed by atoms with Crippen molar-refractivity contribution in [3.05, 3.63) is 47.7 Å². The fourth-order valence-electron chi connectivity index (χ4n) is 4.01. The van der Waals surface area contributed by atoms with Crippen LogP contribution in [-0.2, 0) is 21.4 Å². The van der Waals surface area contributed by atoms with E-state index in [4.69, 9.17) is 14.7 Å². The lowest BCUT2D eigenvalue weighted by atomic mass is 9.80. The molecule has 1 unspecified atom stereocenters. The van der Waals surface area contributed by atoms with Crippen molar-refractivity contribution in [1.82, 2.24) is 9.97 Å². The van der Waals surface area contributed by atoms with Crippen molar-refractivity contribution >= 4 is 17.7 Å². The third-order valence-corrected chi connectivity index (χ3v) is 5.74. The summed E-state index contributed by atoms with van der Waals surface area (Å²) in [4.78, 5) is 26.0. The minimum Gasteiger partial charge on any atom is -0.481 e. The molecule has 0 amide bonds. The molecule has 1 N–H and O–H groups in total. The Labute approximate surface area is 165 Å². The van der Waals surface area contributed by atoms with E-state index in [2.05, 4.69) is 16.7 Å². The molecule has 1 aromatic carbocycles. The predicted molar refractivity (Wildman–Crippen MR) is 107 cm³/mol. The molecule has 148 valence electrons. The Kier molecular flexibility index (Phi) is 5.17. The highest BCUT2D eigenvalue weighted by atomic mass is 16.5. The van der Waals surface area contributed by atoms with Crippen LogP contribution in [0, 0.1) is 0 Å². The number of nitrogens with zero attached hydrogens (tertiary/aromatic N) is 4. The van der Waals surface area contributed by atoms with Gasteiger partial charge in [-0.25, -0.2) is 4.98 Å². The van der Waals surface area contributed by atoms with Crippen molar-refractivity contribution in [3.8, 4) is 0 Å². The molecule has 0 radical (unpaired) electrons. The Bertz CT molecular complexity index is 839. The summed E-state index contributed by atoms with van der Waals surface area (Å²) in [5, 5.41) is 10.1. The molecule has 1 aromatic heterocycles. The van der Waals surface area contributed by atoms with Crippen LogP contribution in [0.25, 0.3) is 0 Å². The Balaban J connectivity index is 1.65. The van der Waals surface area contributed by atoms with Gasteiger partial charge in [-0.1, -0.05) is 37.3 Å². The van der Waals surface area contributed by atoms with Gasteiger partial charge in [-0.15, -0.1) is 0 Å². The fourth-order valence-corrected chi connectivity index (χ4v) is 4.01. The number of anilines is 2. The number of aryl methyl sites for hydroxylation is 1. The lowest BCUT2D eigenvalue weighted by molar-refractivity contribution is -0.143. The van der Waals surface area contributed by atoms with Crippen molar-refractivity contribution in [2.45, 2.75) is 25.2 Å². The molecular weight excluding hydrogens is 356 g/mol. The summed E-state index contributed by atoms with van der Waals surface area (Å²) in [6.07, 6.45) is 1.37. The van der Waals surface area contributed by atoms with Crippen LogP contribution in [-0.4, -0.2) is 60.4 Å². The number of aliphatic carboxylic acids is 1. The summed E-state index contributed by atoms with van der Waals surface area (Å²) in [5.74, 6) is 0.747. The molecular formula is C21H26N4O3. The first-order valence-electron chi connectivity index (χ1n) is 9.87. The lowest BCUT2D eigenvalue weighted by Crippen LogP contribution is -2.39. The Hall–Kier alpha value is -2.67. The van der Waals surface area contributed by atoms with Crippen LogP contribution in [0.1, 0.15) is 24.6 Å². The number of aromatic nitrogens is 2. The van der Waals surface area contributed by atoms with Crippen LogP contribution >= 0.6 is 0 Å². The van der Waals surface area contributed by atoms with Gasteiger partial charge in [0.25, 0.3) is 0 Å². The molecule has 2 aliphatic heterocycles. The van der Waals surface area contributed by atoms with E-state index in [0.717, 1.165) is 36.6 Å². The Morgan fingerprint density at radius 3 is 2.57 bits per heavy atom. The van der Waals surface area contributed by atoms with Gasteiger partial charge >= 0.3 is 5.97 Å². The van der Waals surface area contributed by atoms with E-state index in [1.807, 2.05) is 36.4 Å². The molecule has 2 saturated heterocycles. The SMILES string of the molecule is CCc1cc(N2CCC(C(=O)O)(c3ccccc3)C2)nc(N2CCOCC2)n1. The number of morpholine rings is 1. The molecule has 3 heterocycles. The molecule has 7 heteroatoms. The number of carboxylic acid groups (broad SMARTS) is 1. The molecule has 0 saturated carbocycles. The second kappa shape index (κ2) is 7.75. The minimum absolute atomic E-state index is 0.412. The zero-order chi connectivity index (χ0) is 19.6. The van der Waals surface area contributed by atoms with Gasteiger partial charge < -0.3 is 19.6 Å². The van der Waals surface area contributed by atoms with Crippen LogP contribution in [0.2, 0.25) is 0 Å². The highest BCUT2D eigenvalue weighted by Gasteiger charge is 2.46. The van der Waals surface area contributed by atoms with Gasteiger partial charge in [0.05, 0.1) is 13.2 Å². The molecule has 0 aliphatic carbocycles. The molecule has 0 bridgehead atoms. The summed E-state index contributed by atoms with van der Waals surface area (Å²) >= 11 is 0. The standard InChI is InChI=1S/C21H26N4O3/c1-2-17-14-18(23-20(22-17)24-10-12-28-13-11-24)25-9-8-21(15-25,19(26)27)16-6-4-3-5-7-16/h3-7,14H,2,8-13,15H2,1H3,(H,26,27). The van der Waals surface area contributed by atoms with Gasteiger partial charge in [0.15, 0.2) is 0 Å². The van der Waals surface area contributed by atoms with E-state index in [1.54, 1.807) is 0 Å². The van der Waals surface area contributed by atoms with E-state index in [1.165, 1.54) is 0 Å². The Morgan fingerprint density at radius 1 is 1.14 bits per heavy atom. The average molecular weight is 382 g/mol. The van der Waals surface area contributed by atoms with Crippen molar-refractivity contribution in [3.63, 3.8) is 0 Å². The molecule has 1 atom stereocenters. The third kappa shape index (κ3) is 3.42. The zero-order valence-corrected chi connectivity index (χ0v) is 16.2. The first-order chi connectivity index (χ1) is 13.6.